The summed E-state index contributed by atoms with van der Waals surface area (Å²) < 4.78 is 4.84. The standard InChI is InChI=1S/C9H18N2O4/c1-7(6-15-2)11-9(14)10-5-3-4-8(12)13/h7H,3-6H2,1-2H3,(H,12,13)(H2,10,11,14). The highest BCUT2D eigenvalue weighted by atomic mass is 16.5. The Kier molecular flexibility index (Phi) is 7.35. The van der Waals surface area contributed by atoms with E-state index in [1.165, 1.54) is 0 Å². The lowest BCUT2D eigenvalue weighted by molar-refractivity contribution is -0.137. The summed E-state index contributed by atoms with van der Waals surface area (Å²) in [5, 5.41) is 13.6. The van der Waals surface area contributed by atoms with Crippen LogP contribution >= 0.6 is 0 Å². The van der Waals surface area contributed by atoms with E-state index < -0.39 is 5.97 Å². The van der Waals surface area contributed by atoms with E-state index in [2.05, 4.69) is 10.6 Å². The zero-order valence-electron chi connectivity index (χ0n) is 9.08. The van der Waals surface area contributed by atoms with Gasteiger partial charge in [0.1, 0.15) is 0 Å². The van der Waals surface area contributed by atoms with Gasteiger partial charge in [0.2, 0.25) is 0 Å². The molecule has 0 aromatic carbocycles. The Morgan fingerprint density at radius 1 is 1.47 bits per heavy atom. The normalized spacial score (nSPS) is 11.9. The zero-order chi connectivity index (χ0) is 11.7. The second-order valence-electron chi connectivity index (χ2n) is 3.25. The van der Waals surface area contributed by atoms with Gasteiger partial charge < -0.3 is 20.5 Å². The van der Waals surface area contributed by atoms with Crippen molar-refractivity contribution >= 4 is 12.0 Å². The van der Waals surface area contributed by atoms with Crippen LogP contribution in [0.5, 0.6) is 0 Å². The molecule has 88 valence electrons. The SMILES string of the molecule is COCC(C)NC(=O)NCCCC(=O)O. The molecule has 0 rings (SSSR count). The molecule has 0 spiro atoms. The maximum atomic E-state index is 11.1. The Balaban J connectivity index is 3.44. The molecule has 6 heteroatoms. The molecule has 0 aliphatic carbocycles. The number of carboxylic acids is 1. The van der Waals surface area contributed by atoms with Gasteiger partial charge >= 0.3 is 12.0 Å². The first-order chi connectivity index (χ1) is 7.06. The minimum absolute atomic E-state index is 0.0607. The summed E-state index contributed by atoms with van der Waals surface area (Å²) in [6, 6.07) is -0.362. The zero-order valence-corrected chi connectivity index (χ0v) is 9.08. The lowest BCUT2D eigenvalue weighted by atomic mass is 10.3. The number of methoxy groups -OCH3 is 1. The van der Waals surface area contributed by atoms with Gasteiger partial charge in [-0.25, -0.2) is 4.79 Å². The Morgan fingerprint density at radius 3 is 2.67 bits per heavy atom. The maximum absolute atomic E-state index is 11.1. The smallest absolute Gasteiger partial charge is 0.315 e. The fraction of sp³-hybridized carbons (Fsp3) is 0.778. The molecule has 2 amide bonds. The lowest BCUT2D eigenvalue weighted by Gasteiger charge is -2.13. The Hall–Kier alpha value is -1.30. The van der Waals surface area contributed by atoms with Crippen molar-refractivity contribution < 1.29 is 19.4 Å². The van der Waals surface area contributed by atoms with Crippen molar-refractivity contribution in [3.63, 3.8) is 0 Å². The van der Waals surface area contributed by atoms with E-state index in [0.29, 0.717) is 19.6 Å². The van der Waals surface area contributed by atoms with Crippen LogP contribution in [0.2, 0.25) is 0 Å². The second-order valence-corrected chi connectivity index (χ2v) is 3.25. The Bertz CT molecular complexity index is 208. The quantitative estimate of drug-likeness (QED) is 0.532. The summed E-state index contributed by atoms with van der Waals surface area (Å²) in [5.74, 6) is -0.857. The number of carbonyl (C=O) groups excluding carboxylic acids is 1. The van der Waals surface area contributed by atoms with E-state index >= 15 is 0 Å². The third-order valence-electron chi connectivity index (χ3n) is 1.65. The van der Waals surface area contributed by atoms with Crippen LogP contribution in [0.1, 0.15) is 19.8 Å². The summed E-state index contributed by atoms with van der Waals surface area (Å²) in [6.45, 7) is 2.63. The second kappa shape index (κ2) is 8.05. The highest BCUT2D eigenvalue weighted by molar-refractivity contribution is 5.74. The first kappa shape index (κ1) is 13.7. The summed E-state index contributed by atoms with van der Waals surface area (Å²) in [5.41, 5.74) is 0. The number of carboxylic acid groups (broad SMARTS) is 1. The number of urea groups is 1. The van der Waals surface area contributed by atoms with E-state index in [-0.39, 0.29) is 18.5 Å². The van der Waals surface area contributed by atoms with Gasteiger partial charge in [0.05, 0.1) is 12.6 Å². The van der Waals surface area contributed by atoms with Crippen molar-refractivity contribution in [2.75, 3.05) is 20.3 Å². The molecule has 0 saturated heterocycles. The van der Waals surface area contributed by atoms with Crippen molar-refractivity contribution in [1.29, 1.82) is 0 Å². The van der Waals surface area contributed by atoms with Gasteiger partial charge in [-0.15, -0.1) is 0 Å². The number of rotatable bonds is 7. The molecule has 0 aliphatic heterocycles. The Morgan fingerprint density at radius 2 is 2.13 bits per heavy atom. The molecular formula is C9H18N2O4. The van der Waals surface area contributed by atoms with Crippen LogP contribution in [0, 0.1) is 0 Å². The van der Waals surface area contributed by atoms with Gasteiger partial charge in [0, 0.05) is 20.1 Å². The molecule has 15 heavy (non-hydrogen) atoms. The molecule has 0 aromatic rings. The fourth-order valence-electron chi connectivity index (χ4n) is 1.01. The van der Waals surface area contributed by atoms with Crippen LogP contribution < -0.4 is 10.6 Å². The highest BCUT2D eigenvalue weighted by Crippen LogP contribution is 1.86. The summed E-state index contributed by atoms with van der Waals surface area (Å²) >= 11 is 0. The van der Waals surface area contributed by atoms with E-state index in [0.717, 1.165) is 0 Å². The van der Waals surface area contributed by atoms with E-state index in [1.54, 1.807) is 7.11 Å². The van der Waals surface area contributed by atoms with Crippen molar-refractivity contribution in [3.05, 3.63) is 0 Å². The molecule has 0 saturated carbocycles. The summed E-state index contributed by atoms with van der Waals surface area (Å²) in [7, 11) is 1.56. The average Bonchev–Trinajstić information content (AvgIpc) is 2.12. The lowest BCUT2D eigenvalue weighted by Crippen LogP contribution is -2.42. The van der Waals surface area contributed by atoms with Crippen LogP contribution in [0.3, 0.4) is 0 Å². The largest absolute Gasteiger partial charge is 0.481 e. The van der Waals surface area contributed by atoms with Gasteiger partial charge in [-0.2, -0.15) is 0 Å². The Labute approximate surface area is 89.0 Å². The first-order valence-corrected chi connectivity index (χ1v) is 4.81. The fourth-order valence-corrected chi connectivity index (χ4v) is 1.01. The predicted octanol–water partition coefficient (Wildman–Crippen LogP) is 0.185. The summed E-state index contributed by atoms with van der Waals surface area (Å²) in [4.78, 5) is 21.3. The number of amides is 2. The minimum atomic E-state index is -0.857. The molecule has 0 aromatic heterocycles. The van der Waals surface area contributed by atoms with Crippen molar-refractivity contribution in [2.45, 2.75) is 25.8 Å². The van der Waals surface area contributed by atoms with Crippen LogP contribution in [0.15, 0.2) is 0 Å². The minimum Gasteiger partial charge on any atom is -0.481 e. The predicted molar refractivity (Wildman–Crippen MR) is 54.7 cm³/mol. The number of ether oxygens (including phenoxy) is 1. The maximum Gasteiger partial charge on any atom is 0.315 e. The van der Waals surface area contributed by atoms with Gasteiger partial charge in [0.15, 0.2) is 0 Å². The van der Waals surface area contributed by atoms with Crippen LogP contribution in [-0.4, -0.2) is 43.4 Å². The van der Waals surface area contributed by atoms with Crippen LogP contribution in [-0.2, 0) is 9.53 Å². The molecule has 1 atom stereocenters. The molecule has 0 aliphatic rings. The molecular weight excluding hydrogens is 200 g/mol. The van der Waals surface area contributed by atoms with E-state index in [9.17, 15) is 9.59 Å². The van der Waals surface area contributed by atoms with Crippen LogP contribution in [0.4, 0.5) is 4.79 Å². The van der Waals surface area contributed by atoms with Crippen molar-refractivity contribution in [2.24, 2.45) is 0 Å². The molecule has 0 radical (unpaired) electrons. The third-order valence-corrected chi connectivity index (χ3v) is 1.65. The van der Waals surface area contributed by atoms with Gasteiger partial charge in [-0.3, -0.25) is 4.79 Å². The van der Waals surface area contributed by atoms with E-state index in [1.807, 2.05) is 6.92 Å². The van der Waals surface area contributed by atoms with Crippen LogP contribution in [0.25, 0.3) is 0 Å². The molecule has 0 fully saturated rings. The molecule has 0 heterocycles. The average molecular weight is 218 g/mol. The third kappa shape index (κ3) is 9.01. The molecule has 1 unspecified atom stereocenters. The topological polar surface area (TPSA) is 87.7 Å². The number of aliphatic carboxylic acids is 1. The van der Waals surface area contributed by atoms with Gasteiger partial charge in [-0.05, 0) is 13.3 Å². The monoisotopic (exact) mass is 218 g/mol. The van der Waals surface area contributed by atoms with Gasteiger partial charge in [-0.1, -0.05) is 0 Å². The number of carbonyl (C=O) groups is 2. The van der Waals surface area contributed by atoms with Crippen molar-refractivity contribution in [1.82, 2.24) is 10.6 Å². The number of hydrogen-bond acceptors (Lipinski definition) is 3. The highest BCUT2D eigenvalue weighted by Gasteiger charge is 2.05. The van der Waals surface area contributed by atoms with E-state index in [4.69, 9.17) is 9.84 Å². The van der Waals surface area contributed by atoms with Crippen molar-refractivity contribution in [3.8, 4) is 0 Å². The number of nitrogens with one attached hydrogen (secondary N) is 2. The van der Waals surface area contributed by atoms with Gasteiger partial charge in [0.25, 0.3) is 0 Å². The first-order valence-electron chi connectivity index (χ1n) is 4.81. The molecule has 6 nitrogen and oxygen atoms in total. The summed E-state index contributed by atoms with van der Waals surface area (Å²) in [6.07, 6.45) is 0.495. The number of hydrogen-bond donors (Lipinski definition) is 3. The molecule has 0 bridgehead atoms. The molecule has 3 N–H and O–H groups in total.